The molecule has 0 fully saturated rings. The first-order valence-corrected chi connectivity index (χ1v) is 6.81. The van der Waals surface area contributed by atoms with E-state index in [1.807, 2.05) is 37.3 Å². The average Bonchev–Trinajstić information content (AvgIpc) is 2.49. The van der Waals surface area contributed by atoms with Crippen molar-refractivity contribution in [1.82, 2.24) is 4.98 Å². The normalized spacial score (nSPS) is 11.5. The van der Waals surface area contributed by atoms with Gasteiger partial charge in [0.2, 0.25) is 0 Å². The van der Waals surface area contributed by atoms with Gasteiger partial charge in [-0.1, -0.05) is 13.0 Å². The third kappa shape index (κ3) is 3.86. The van der Waals surface area contributed by atoms with E-state index < -0.39 is 0 Å². The molecule has 1 aromatic carbocycles. The fourth-order valence-electron chi connectivity index (χ4n) is 1.75. The van der Waals surface area contributed by atoms with Crippen molar-refractivity contribution < 1.29 is 4.74 Å². The third-order valence-corrected chi connectivity index (χ3v) is 3.06. The van der Waals surface area contributed by atoms with Crippen molar-refractivity contribution in [3.63, 3.8) is 0 Å². The Balaban J connectivity index is 2.16. The molecule has 0 radical (unpaired) electrons. The van der Waals surface area contributed by atoms with Crippen LogP contribution in [0.4, 0.5) is 17.2 Å². The number of ether oxygens (including phenoxy) is 1. The Hall–Kier alpha value is -2.74. The second kappa shape index (κ2) is 6.62. The van der Waals surface area contributed by atoms with Crippen LogP contribution in [0, 0.1) is 11.3 Å². The second-order valence-electron chi connectivity index (χ2n) is 4.76. The van der Waals surface area contributed by atoms with E-state index in [4.69, 9.17) is 15.7 Å². The first-order valence-electron chi connectivity index (χ1n) is 6.81. The summed E-state index contributed by atoms with van der Waals surface area (Å²) in [6.07, 6.45) is 2.60. The SMILES string of the molecule is CCC(C)Oc1cccc(Nc2ncc(C#N)cc2N)c1. The van der Waals surface area contributed by atoms with Crippen LogP contribution in [0.1, 0.15) is 25.8 Å². The molecule has 1 atom stereocenters. The maximum absolute atomic E-state index is 8.80. The quantitative estimate of drug-likeness (QED) is 0.877. The van der Waals surface area contributed by atoms with E-state index in [-0.39, 0.29) is 6.10 Å². The van der Waals surface area contributed by atoms with Crippen molar-refractivity contribution in [2.75, 3.05) is 11.1 Å². The van der Waals surface area contributed by atoms with Gasteiger partial charge in [0.15, 0.2) is 5.82 Å². The van der Waals surface area contributed by atoms with Crippen molar-refractivity contribution in [3.05, 3.63) is 42.1 Å². The van der Waals surface area contributed by atoms with Crippen LogP contribution in [-0.4, -0.2) is 11.1 Å². The molecule has 0 bridgehead atoms. The molecule has 1 unspecified atom stereocenters. The van der Waals surface area contributed by atoms with Gasteiger partial charge in [-0.2, -0.15) is 5.26 Å². The highest BCUT2D eigenvalue weighted by Gasteiger charge is 2.05. The van der Waals surface area contributed by atoms with Crippen molar-refractivity contribution in [3.8, 4) is 11.8 Å². The van der Waals surface area contributed by atoms with E-state index in [1.54, 1.807) is 6.07 Å². The molecule has 5 heteroatoms. The number of nitrogens with two attached hydrogens (primary N) is 1. The molecule has 2 aromatic rings. The number of aromatic nitrogens is 1. The Labute approximate surface area is 124 Å². The Morgan fingerprint density at radius 3 is 2.90 bits per heavy atom. The Morgan fingerprint density at radius 1 is 1.43 bits per heavy atom. The number of hydrogen-bond donors (Lipinski definition) is 2. The maximum atomic E-state index is 8.80. The summed E-state index contributed by atoms with van der Waals surface area (Å²) in [5.41, 5.74) is 7.58. The predicted octanol–water partition coefficient (Wildman–Crippen LogP) is 3.46. The molecule has 21 heavy (non-hydrogen) atoms. The van der Waals surface area contributed by atoms with E-state index in [2.05, 4.69) is 17.2 Å². The Morgan fingerprint density at radius 2 is 2.24 bits per heavy atom. The summed E-state index contributed by atoms with van der Waals surface area (Å²) in [6.45, 7) is 4.11. The molecule has 0 amide bonds. The molecule has 0 saturated heterocycles. The average molecular weight is 282 g/mol. The van der Waals surface area contributed by atoms with Gasteiger partial charge in [0.1, 0.15) is 11.8 Å². The van der Waals surface area contributed by atoms with Crippen molar-refractivity contribution >= 4 is 17.2 Å². The number of benzene rings is 1. The largest absolute Gasteiger partial charge is 0.491 e. The van der Waals surface area contributed by atoms with Crippen LogP contribution in [0.5, 0.6) is 5.75 Å². The molecule has 2 rings (SSSR count). The van der Waals surface area contributed by atoms with Crippen LogP contribution < -0.4 is 15.8 Å². The molecule has 3 N–H and O–H groups in total. The van der Waals surface area contributed by atoms with Gasteiger partial charge in [0.05, 0.1) is 17.4 Å². The van der Waals surface area contributed by atoms with Gasteiger partial charge in [0, 0.05) is 18.0 Å². The summed E-state index contributed by atoms with van der Waals surface area (Å²) in [6, 6.07) is 11.2. The van der Waals surface area contributed by atoms with E-state index in [0.717, 1.165) is 17.9 Å². The summed E-state index contributed by atoms with van der Waals surface area (Å²) in [5.74, 6) is 1.32. The second-order valence-corrected chi connectivity index (χ2v) is 4.76. The third-order valence-electron chi connectivity index (χ3n) is 3.06. The minimum atomic E-state index is 0.165. The maximum Gasteiger partial charge on any atom is 0.153 e. The van der Waals surface area contributed by atoms with E-state index in [1.165, 1.54) is 6.20 Å². The van der Waals surface area contributed by atoms with Crippen LogP contribution >= 0.6 is 0 Å². The Kier molecular flexibility index (Phi) is 4.62. The van der Waals surface area contributed by atoms with Gasteiger partial charge in [-0.15, -0.1) is 0 Å². The van der Waals surface area contributed by atoms with E-state index in [0.29, 0.717) is 17.1 Å². The van der Waals surface area contributed by atoms with Gasteiger partial charge in [-0.3, -0.25) is 0 Å². The lowest BCUT2D eigenvalue weighted by Crippen LogP contribution is -2.09. The van der Waals surface area contributed by atoms with Gasteiger partial charge in [-0.05, 0) is 31.5 Å². The molecular weight excluding hydrogens is 264 g/mol. The summed E-state index contributed by atoms with van der Waals surface area (Å²) >= 11 is 0. The van der Waals surface area contributed by atoms with E-state index >= 15 is 0 Å². The minimum Gasteiger partial charge on any atom is -0.491 e. The standard InChI is InChI=1S/C16H18N4O/c1-3-11(2)21-14-6-4-5-13(8-14)20-16-15(18)7-12(9-17)10-19-16/h4-8,10-11H,3,18H2,1-2H3,(H,19,20). The van der Waals surface area contributed by atoms with E-state index in [9.17, 15) is 0 Å². The van der Waals surface area contributed by atoms with Crippen LogP contribution in [-0.2, 0) is 0 Å². The van der Waals surface area contributed by atoms with Crippen LogP contribution in [0.3, 0.4) is 0 Å². The molecule has 0 saturated carbocycles. The number of nitrogen functional groups attached to an aromatic ring is 1. The fourth-order valence-corrected chi connectivity index (χ4v) is 1.75. The number of nitrogens with one attached hydrogen (secondary N) is 1. The molecule has 5 nitrogen and oxygen atoms in total. The number of nitrogens with zero attached hydrogens (tertiary/aromatic N) is 2. The van der Waals surface area contributed by atoms with Gasteiger partial charge in [-0.25, -0.2) is 4.98 Å². The molecule has 0 aliphatic carbocycles. The van der Waals surface area contributed by atoms with Crippen molar-refractivity contribution in [1.29, 1.82) is 5.26 Å². The Bertz CT molecular complexity index is 664. The predicted molar refractivity (Wildman–Crippen MR) is 83.5 cm³/mol. The summed E-state index contributed by atoms with van der Waals surface area (Å²) in [4.78, 5) is 4.15. The van der Waals surface area contributed by atoms with Crippen LogP contribution in [0.15, 0.2) is 36.5 Å². The van der Waals surface area contributed by atoms with Crippen molar-refractivity contribution in [2.45, 2.75) is 26.4 Å². The molecule has 1 heterocycles. The molecule has 108 valence electrons. The first kappa shape index (κ1) is 14.7. The lowest BCUT2D eigenvalue weighted by molar-refractivity contribution is 0.217. The highest BCUT2D eigenvalue weighted by molar-refractivity contribution is 5.70. The molecule has 0 spiro atoms. The number of nitriles is 1. The van der Waals surface area contributed by atoms with Gasteiger partial charge < -0.3 is 15.8 Å². The lowest BCUT2D eigenvalue weighted by Gasteiger charge is -2.14. The zero-order valence-corrected chi connectivity index (χ0v) is 12.1. The zero-order chi connectivity index (χ0) is 15.2. The zero-order valence-electron chi connectivity index (χ0n) is 12.1. The number of hydrogen-bond acceptors (Lipinski definition) is 5. The fraction of sp³-hybridized carbons (Fsp3) is 0.250. The smallest absolute Gasteiger partial charge is 0.153 e. The van der Waals surface area contributed by atoms with Gasteiger partial charge >= 0.3 is 0 Å². The summed E-state index contributed by atoms with van der Waals surface area (Å²) in [5, 5.41) is 11.9. The number of rotatable bonds is 5. The number of anilines is 3. The van der Waals surface area contributed by atoms with Crippen LogP contribution in [0.25, 0.3) is 0 Å². The van der Waals surface area contributed by atoms with Gasteiger partial charge in [0.25, 0.3) is 0 Å². The van der Waals surface area contributed by atoms with Crippen molar-refractivity contribution in [2.24, 2.45) is 0 Å². The first-order chi connectivity index (χ1) is 10.1. The summed E-state index contributed by atoms with van der Waals surface area (Å²) in [7, 11) is 0. The lowest BCUT2D eigenvalue weighted by atomic mass is 10.2. The topological polar surface area (TPSA) is 84.0 Å². The van der Waals surface area contributed by atoms with Crippen LogP contribution in [0.2, 0.25) is 0 Å². The highest BCUT2D eigenvalue weighted by Crippen LogP contribution is 2.24. The molecule has 0 aliphatic rings. The number of pyridine rings is 1. The highest BCUT2D eigenvalue weighted by atomic mass is 16.5. The monoisotopic (exact) mass is 282 g/mol. The molecule has 0 aliphatic heterocycles. The summed E-state index contributed by atoms with van der Waals surface area (Å²) < 4.78 is 5.77. The minimum absolute atomic E-state index is 0.165. The molecule has 1 aromatic heterocycles. The molecular formula is C16H18N4O.